The standard InChI is InChI=1S/C11H16N6/c1-3-6-17-10(7-14-16-17)11(12)9-4-5-13-8(2)15-9/h4-5,7,11H,3,6,12H2,1-2H3. The van der Waals surface area contributed by atoms with Gasteiger partial charge in [-0.1, -0.05) is 12.1 Å². The molecule has 0 saturated carbocycles. The van der Waals surface area contributed by atoms with Gasteiger partial charge in [0.05, 0.1) is 23.6 Å². The molecule has 0 spiro atoms. The van der Waals surface area contributed by atoms with Crippen molar-refractivity contribution in [1.82, 2.24) is 25.0 Å². The Hall–Kier alpha value is -1.82. The normalized spacial score (nSPS) is 12.6. The number of aryl methyl sites for hydroxylation is 2. The van der Waals surface area contributed by atoms with Crippen molar-refractivity contribution in [2.75, 3.05) is 0 Å². The van der Waals surface area contributed by atoms with Crippen LogP contribution in [0.15, 0.2) is 18.5 Å². The third kappa shape index (κ3) is 2.47. The summed E-state index contributed by atoms with van der Waals surface area (Å²) < 4.78 is 1.82. The summed E-state index contributed by atoms with van der Waals surface area (Å²) in [6.45, 7) is 4.75. The lowest BCUT2D eigenvalue weighted by Gasteiger charge is -2.12. The first-order chi connectivity index (χ1) is 8.22. The minimum Gasteiger partial charge on any atom is -0.318 e. The van der Waals surface area contributed by atoms with Crippen molar-refractivity contribution in [1.29, 1.82) is 0 Å². The number of hydrogen-bond donors (Lipinski definition) is 1. The van der Waals surface area contributed by atoms with Gasteiger partial charge in [0.1, 0.15) is 5.82 Å². The number of aromatic nitrogens is 5. The maximum atomic E-state index is 6.17. The predicted molar refractivity (Wildman–Crippen MR) is 63.1 cm³/mol. The molecule has 2 aromatic rings. The second-order valence-electron chi connectivity index (χ2n) is 3.89. The molecule has 2 rings (SSSR count). The highest BCUT2D eigenvalue weighted by Crippen LogP contribution is 2.16. The van der Waals surface area contributed by atoms with Gasteiger partial charge in [-0.15, -0.1) is 5.10 Å². The molecule has 0 amide bonds. The van der Waals surface area contributed by atoms with Crippen molar-refractivity contribution in [3.8, 4) is 0 Å². The monoisotopic (exact) mass is 232 g/mol. The van der Waals surface area contributed by atoms with Gasteiger partial charge in [-0.2, -0.15) is 0 Å². The molecule has 2 heterocycles. The third-order valence-electron chi connectivity index (χ3n) is 2.52. The zero-order valence-corrected chi connectivity index (χ0v) is 10.0. The summed E-state index contributed by atoms with van der Waals surface area (Å²) in [5.74, 6) is 0.715. The molecule has 2 aromatic heterocycles. The Balaban J connectivity index is 2.30. The Morgan fingerprint density at radius 3 is 3.00 bits per heavy atom. The summed E-state index contributed by atoms with van der Waals surface area (Å²) in [5.41, 5.74) is 7.84. The van der Waals surface area contributed by atoms with E-state index < -0.39 is 0 Å². The van der Waals surface area contributed by atoms with Crippen LogP contribution < -0.4 is 5.73 Å². The van der Waals surface area contributed by atoms with Gasteiger partial charge >= 0.3 is 0 Å². The van der Waals surface area contributed by atoms with E-state index in [2.05, 4.69) is 27.2 Å². The SMILES string of the molecule is CCCn1nncc1C(N)c1ccnc(C)n1. The molecule has 0 aliphatic heterocycles. The highest BCUT2D eigenvalue weighted by molar-refractivity contribution is 5.18. The van der Waals surface area contributed by atoms with Crippen LogP contribution in [0.2, 0.25) is 0 Å². The second kappa shape index (κ2) is 5.01. The molecule has 90 valence electrons. The van der Waals surface area contributed by atoms with E-state index in [1.165, 1.54) is 0 Å². The average molecular weight is 232 g/mol. The number of rotatable bonds is 4. The van der Waals surface area contributed by atoms with Crippen LogP contribution in [0.25, 0.3) is 0 Å². The van der Waals surface area contributed by atoms with Crippen LogP contribution in [0.1, 0.15) is 36.6 Å². The Kier molecular flexibility index (Phi) is 3.43. The Morgan fingerprint density at radius 2 is 2.29 bits per heavy atom. The van der Waals surface area contributed by atoms with Crippen molar-refractivity contribution in [3.63, 3.8) is 0 Å². The molecule has 0 bridgehead atoms. The summed E-state index contributed by atoms with van der Waals surface area (Å²) in [6, 6.07) is 1.51. The van der Waals surface area contributed by atoms with Gasteiger partial charge in [-0.3, -0.25) is 0 Å². The van der Waals surface area contributed by atoms with Crippen LogP contribution >= 0.6 is 0 Å². The van der Waals surface area contributed by atoms with Crippen molar-refractivity contribution in [2.24, 2.45) is 5.73 Å². The van der Waals surface area contributed by atoms with Gasteiger partial charge in [-0.05, 0) is 19.4 Å². The van der Waals surface area contributed by atoms with E-state index in [0.29, 0.717) is 5.82 Å². The summed E-state index contributed by atoms with van der Waals surface area (Å²) >= 11 is 0. The zero-order chi connectivity index (χ0) is 12.3. The molecule has 0 aliphatic rings. The molecule has 0 aliphatic carbocycles. The van der Waals surface area contributed by atoms with E-state index in [-0.39, 0.29) is 6.04 Å². The number of nitrogens with two attached hydrogens (primary N) is 1. The molecule has 6 nitrogen and oxygen atoms in total. The fourth-order valence-electron chi connectivity index (χ4n) is 1.69. The molecule has 1 atom stereocenters. The fraction of sp³-hybridized carbons (Fsp3) is 0.455. The summed E-state index contributed by atoms with van der Waals surface area (Å²) in [4.78, 5) is 8.38. The highest BCUT2D eigenvalue weighted by Gasteiger charge is 2.16. The number of nitrogens with zero attached hydrogens (tertiary/aromatic N) is 5. The molecular weight excluding hydrogens is 216 g/mol. The lowest BCUT2D eigenvalue weighted by Crippen LogP contribution is -2.19. The molecule has 17 heavy (non-hydrogen) atoms. The van der Waals surface area contributed by atoms with E-state index in [4.69, 9.17) is 5.73 Å². The molecule has 0 fully saturated rings. The minimum atomic E-state index is -0.307. The predicted octanol–water partition coefficient (Wildman–Crippen LogP) is 0.835. The summed E-state index contributed by atoms with van der Waals surface area (Å²) in [7, 11) is 0. The van der Waals surface area contributed by atoms with Crippen LogP contribution in [0, 0.1) is 6.92 Å². The fourth-order valence-corrected chi connectivity index (χ4v) is 1.69. The maximum absolute atomic E-state index is 6.17. The van der Waals surface area contributed by atoms with E-state index in [1.54, 1.807) is 12.4 Å². The van der Waals surface area contributed by atoms with Crippen LogP contribution in [-0.2, 0) is 6.54 Å². The third-order valence-corrected chi connectivity index (χ3v) is 2.52. The number of hydrogen-bond acceptors (Lipinski definition) is 5. The molecule has 1 unspecified atom stereocenters. The van der Waals surface area contributed by atoms with Crippen molar-refractivity contribution in [2.45, 2.75) is 32.9 Å². The van der Waals surface area contributed by atoms with Gasteiger partial charge in [0, 0.05) is 12.7 Å². The van der Waals surface area contributed by atoms with Gasteiger partial charge in [0.15, 0.2) is 0 Å². The van der Waals surface area contributed by atoms with Gasteiger partial charge in [-0.25, -0.2) is 14.6 Å². The Labute approximate surface area is 99.9 Å². The van der Waals surface area contributed by atoms with Crippen LogP contribution in [0.5, 0.6) is 0 Å². The first-order valence-corrected chi connectivity index (χ1v) is 5.66. The van der Waals surface area contributed by atoms with Crippen LogP contribution in [0.3, 0.4) is 0 Å². The van der Waals surface area contributed by atoms with E-state index in [9.17, 15) is 0 Å². The second-order valence-corrected chi connectivity index (χ2v) is 3.89. The van der Waals surface area contributed by atoms with E-state index in [0.717, 1.165) is 24.4 Å². The van der Waals surface area contributed by atoms with E-state index in [1.807, 2.05) is 17.7 Å². The van der Waals surface area contributed by atoms with Gasteiger partial charge in [0.25, 0.3) is 0 Å². The van der Waals surface area contributed by atoms with E-state index >= 15 is 0 Å². The zero-order valence-electron chi connectivity index (χ0n) is 10.0. The van der Waals surface area contributed by atoms with Crippen molar-refractivity contribution >= 4 is 0 Å². The molecule has 0 saturated heterocycles. The topological polar surface area (TPSA) is 82.5 Å². The summed E-state index contributed by atoms with van der Waals surface area (Å²) in [6.07, 6.45) is 4.40. The lowest BCUT2D eigenvalue weighted by atomic mass is 10.1. The summed E-state index contributed by atoms with van der Waals surface area (Å²) in [5, 5.41) is 7.92. The Bertz CT molecular complexity index is 492. The molecule has 2 N–H and O–H groups in total. The molecular formula is C11H16N6. The molecule has 0 radical (unpaired) electrons. The minimum absolute atomic E-state index is 0.307. The maximum Gasteiger partial charge on any atom is 0.125 e. The quantitative estimate of drug-likeness (QED) is 0.844. The largest absolute Gasteiger partial charge is 0.318 e. The van der Waals surface area contributed by atoms with Crippen LogP contribution in [-0.4, -0.2) is 25.0 Å². The van der Waals surface area contributed by atoms with Crippen LogP contribution in [0.4, 0.5) is 0 Å². The smallest absolute Gasteiger partial charge is 0.125 e. The first kappa shape index (κ1) is 11.7. The van der Waals surface area contributed by atoms with Gasteiger partial charge in [0.2, 0.25) is 0 Å². The van der Waals surface area contributed by atoms with Crippen molar-refractivity contribution < 1.29 is 0 Å². The lowest BCUT2D eigenvalue weighted by molar-refractivity contribution is 0.540. The first-order valence-electron chi connectivity index (χ1n) is 5.66. The molecule has 6 heteroatoms. The average Bonchev–Trinajstić information content (AvgIpc) is 2.77. The Morgan fingerprint density at radius 1 is 1.47 bits per heavy atom. The highest BCUT2D eigenvalue weighted by atomic mass is 15.4. The molecule has 0 aromatic carbocycles. The van der Waals surface area contributed by atoms with Crippen molar-refractivity contribution in [3.05, 3.63) is 35.7 Å². The van der Waals surface area contributed by atoms with Gasteiger partial charge < -0.3 is 5.73 Å².